The molecule has 0 spiro atoms. The summed E-state index contributed by atoms with van der Waals surface area (Å²) in [6.07, 6.45) is -14.7. The third-order valence-electron chi connectivity index (χ3n) is 5.38. The number of alkyl halides is 16. The summed E-state index contributed by atoms with van der Waals surface area (Å²) in [7, 11) is -14.8. The molecular weight excluding hydrogens is 710 g/mol. The van der Waals surface area contributed by atoms with E-state index >= 15 is 0 Å². The maximum absolute atomic E-state index is 13.6. The summed E-state index contributed by atoms with van der Waals surface area (Å²) in [6.45, 7) is -3.31. The van der Waals surface area contributed by atoms with E-state index in [1.807, 2.05) is 0 Å². The lowest BCUT2D eigenvalue weighted by atomic mass is 10.1. The molecule has 8 nitrogen and oxygen atoms in total. The molecular formula is C18H16F16O8P2. The van der Waals surface area contributed by atoms with E-state index in [0.717, 1.165) is 24.3 Å². The zero-order valence-corrected chi connectivity index (χ0v) is 22.3. The Morgan fingerprint density at radius 2 is 0.705 bits per heavy atom. The smallest absolute Gasteiger partial charge is 0.320 e. The third kappa shape index (κ3) is 7.01. The molecule has 1 aromatic carbocycles. The number of benzene rings is 1. The highest BCUT2D eigenvalue weighted by Gasteiger charge is 2.87. The van der Waals surface area contributed by atoms with Crippen LogP contribution in [0.2, 0.25) is 0 Å². The monoisotopic (exact) mass is 726 g/mol. The molecule has 258 valence electrons. The molecule has 0 saturated heterocycles. The highest BCUT2D eigenvalue weighted by molar-refractivity contribution is 7.53. The SMILES string of the molecule is O=P(O)(O)C(F)(F)C(F)(F)C(F)(F)C(F)(F)OCCc1ccc(CCOC(F)(F)C(F)(F)C(F)(F)C(F)(F)P(=O)(O)O)cc1. The third-order valence-corrected chi connectivity index (χ3v) is 7.40. The minimum atomic E-state index is -7.41. The van der Waals surface area contributed by atoms with Crippen molar-refractivity contribution >= 4 is 15.2 Å². The maximum Gasteiger partial charge on any atom is 0.426 e. The van der Waals surface area contributed by atoms with E-state index in [-0.39, 0.29) is 11.1 Å². The van der Waals surface area contributed by atoms with Gasteiger partial charge in [0, 0.05) is 0 Å². The Morgan fingerprint density at radius 3 is 0.909 bits per heavy atom. The molecule has 4 N–H and O–H groups in total. The van der Waals surface area contributed by atoms with Crippen LogP contribution in [0.1, 0.15) is 11.1 Å². The van der Waals surface area contributed by atoms with Crippen molar-refractivity contribution < 1.29 is 108 Å². The van der Waals surface area contributed by atoms with Gasteiger partial charge in [-0.15, -0.1) is 0 Å². The predicted octanol–water partition coefficient (Wildman–Crippen LogP) is 6.07. The molecule has 1 aromatic rings. The molecule has 0 aliphatic heterocycles. The Balaban J connectivity index is 2.87. The first-order valence-electron chi connectivity index (χ1n) is 10.7. The first kappa shape index (κ1) is 40.3. The largest absolute Gasteiger partial charge is 0.426 e. The first-order chi connectivity index (χ1) is 19.2. The summed E-state index contributed by atoms with van der Waals surface area (Å²) in [4.78, 5) is 32.7. The number of hydrogen-bond acceptors (Lipinski definition) is 4. The van der Waals surface area contributed by atoms with Crippen molar-refractivity contribution in [3.05, 3.63) is 35.4 Å². The van der Waals surface area contributed by atoms with E-state index in [2.05, 4.69) is 9.47 Å². The van der Waals surface area contributed by atoms with Crippen LogP contribution in [0.15, 0.2) is 24.3 Å². The lowest BCUT2D eigenvalue weighted by Gasteiger charge is -2.36. The number of rotatable bonds is 16. The fraction of sp³-hybridized carbons (Fsp3) is 0.667. The molecule has 26 heteroatoms. The minimum absolute atomic E-state index is 0.239. The fourth-order valence-electron chi connectivity index (χ4n) is 2.76. The van der Waals surface area contributed by atoms with E-state index in [4.69, 9.17) is 19.6 Å². The molecule has 0 fully saturated rings. The van der Waals surface area contributed by atoms with E-state index in [1.54, 1.807) is 0 Å². The van der Waals surface area contributed by atoms with Crippen molar-refractivity contribution in [2.45, 2.75) is 60.1 Å². The maximum atomic E-state index is 13.6. The van der Waals surface area contributed by atoms with Crippen LogP contribution >= 0.6 is 15.2 Å². The van der Waals surface area contributed by atoms with Crippen LogP contribution in [0, 0.1) is 0 Å². The van der Waals surface area contributed by atoms with Gasteiger partial charge < -0.3 is 29.0 Å². The van der Waals surface area contributed by atoms with Crippen molar-refractivity contribution in [3.8, 4) is 0 Å². The average molecular weight is 726 g/mol. The number of ether oxygens (including phenoxy) is 2. The zero-order chi connectivity index (χ0) is 35.2. The standard InChI is InChI=1S/C18H16F16O8P2/c19-11(20,13(23,24)17(31,32)43(35,36)37)15(27,28)41-7-5-9-1-2-10(4-3-9)6-8-42-16(29,30)12(21,22)14(25,26)18(33,34)44(38,39)40/h1-4H,5-8H2,(H2,35,36,37)(H2,38,39,40). The molecule has 44 heavy (non-hydrogen) atoms. The normalized spacial score (nSPS) is 15.5. The molecule has 0 aliphatic carbocycles. The van der Waals surface area contributed by atoms with Gasteiger partial charge in [0.15, 0.2) is 0 Å². The van der Waals surface area contributed by atoms with Crippen LogP contribution in [-0.2, 0) is 31.4 Å². The summed E-state index contributed by atoms with van der Waals surface area (Å²) >= 11 is 0. The van der Waals surface area contributed by atoms with E-state index < -0.39 is 88.5 Å². The Labute approximate surface area is 233 Å². The summed E-state index contributed by atoms with van der Waals surface area (Å²) < 4.78 is 242. The second-order valence-corrected chi connectivity index (χ2v) is 11.8. The number of hydrogen-bond donors (Lipinski definition) is 4. The van der Waals surface area contributed by atoms with Crippen molar-refractivity contribution in [2.24, 2.45) is 0 Å². The van der Waals surface area contributed by atoms with Gasteiger partial charge in [0.1, 0.15) is 0 Å². The molecule has 0 heterocycles. The van der Waals surface area contributed by atoms with Gasteiger partial charge in [0.2, 0.25) is 0 Å². The van der Waals surface area contributed by atoms with Crippen LogP contribution < -0.4 is 0 Å². The Hall–Kier alpha value is -1.68. The highest BCUT2D eigenvalue weighted by Crippen LogP contribution is 2.67. The molecule has 0 atom stereocenters. The summed E-state index contributed by atoms with van der Waals surface area (Å²) in [6, 6.07) is 3.31. The van der Waals surface area contributed by atoms with Crippen LogP contribution in [0.3, 0.4) is 0 Å². The molecule has 0 aromatic heterocycles. The predicted molar refractivity (Wildman–Crippen MR) is 109 cm³/mol. The van der Waals surface area contributed by atoms with Crippen LogP contribution in [0.4, 0.5) is 70.2 Å². The quantitative estimate of drug-likeness (QED) is 0.119. The van der Waals surface area contributed by atoms with Gasteiger partial charge in [-0.25, -0.2) is 0 Å². The first-order valence-corrected chi connectivity index (χ1v) is 13.9. The van der Waals surface area contributed by atoms with Gasteiger partial charge in [-0.1, -0.05) is 24.3 Å². The summed E-state index contributed by atoms with van der Waals surface area (Å²) in [5.41, 5.74) is -14.4. The summed E-state index contributed by atoms with van der Waals surface area (Å²) in [5.74, 6) is -29.1. The van der Waals surface area contributed by atoms with Gasteiger partial charge in [0.25, 0.3) is 0 Å². The Bertz CT molecular complexity index is 1150. The van der Waals surface area contributed by atoms with E-state index in [0.29, 0.717) is 0 Å². The topological polar surface area (TPSA) is 134 Å². The van der Waals surface area contributed by atoms with Crippen LogP contribution in [-0.4, -0.2) is 80.0 Å². The molecule has 0 bridgehead atoms. The van der Waals surface area contributed by atoms with E-state index in [9.17, 15) is 79.4 Å². The van der Waals surface area contributed by atoms with Gasteiger partial charge >= 0.3 is 62.4 Å². The van der Waals surface area contributed by atoms with Crippen molar-refractivity contribution in [1.82, 2.24) is 0 Å². The summed E-state index contributed by atoms with van der Waals surface area (Å²) in [5, 5.41) is 0. The second kappa shape index (κ2) is 12.2. The Morgan fingerprint density at radius 1 is 0.477 bits per heavy atom. The number of halogens is 16. The van der Waals surface area contributed by atoms with Gasteiger partial charge in [-0.2, -0.15) is 70.2 Å². The molecule has 0 radical (unpaired) electrons. The van der Waals surface area contributed by atoms with Crippen LogP contribution in [0.5, 0.6) is 0 Å². The van der Waals surface area contributed by atoms with Gasteiger partial charge in [-0.3, -0.25) is 9.13 Å². The fourth-order valence-corrected chi connectivity index (χ4v) is 3.77. The lowest BCUT2D eigenvalue weighted by molar-refractivity contribution is -0.418. The van der Waals surface area contributed by atoms with Crippen molar-refractivity contribution in [3.63, 3.8) is 0 Å². The van der Waals surface area contributed by atoms with Crippen molar-refractivity contribution in [1.29, 1.82) is 0 Å². The molecule has 1 rings (SSSR count). The molecule has 0 saturated carbocycles. The molecule has 0 unspecified atom stereocenters. The average Bonchev–Trinajstić information content (AvgIpc) is 2.82. The highest BCUT2D eigenvalue weighted by atomic mass is 31.2. The minimum Gasteiger partial charge on any atom is -0.320 e. The van der Waals surface area contributed by atoms with Crippen molar-refractivity contribution in [2.75, 3.05) is 13.2 Å². The van der Waals surface area contributed by atoms with E-state index in [1.165, 1.54) is 0 Å². The molecule has 0 aliphatic rings. The van der Waals surface area contributed by atoms with Gasteiger partial charge in [-0.05, 0) is 24.0 Å². The van der Waals surface area contributed by atoms with Crippen LogP contribution in [0.25, 0.3) is 0 Å². The Kier molecular flexibility index (Phi) is 11.2. The second-order valence-electron chi connectivity index (χ2n) is 8.52. The van der Waals surface area contributed by atoms with Gasteiger partial charge in [0.05, 0.1) is 13.2 Å². The molecule has 0 amide bonds. The zero-order valence-electron chi connectivity index (χ0n) is 20.5. The lowest BCUT2D eigenvalue weighted by Crippen LogP contribution is -2.62.